The lowest BCUT2D eigenvalue weighted by Gasteiger charge is -2.24. The van der Waals surface area contributed by atoms with Crippen LogP contribution in [0.15, 0.2) is 16.7 Å². The second-order valence-electron chi connectivity index (χ2n) is 4.99. The normalized spacial score (nSPS) is 14.3. The predicted octanol–water partition coefficient (Wildman–Crippen LogP) is 2.77. The van der Waals surface area contributed by atoms with Crippen molar-refractivity contribution < 1.29 is 0 Å². The lowest BCUT2D eigenvalue weighted by atomic mass is 9.87. The van der Waals surface area contributed by atoms with E-state index >= 15 is 0 Å². The molecular formula is C11H15BrN4. The van der Waals surface area contributed by atoms with Gasteiger partial charge in [-0.2, -0.15) is 0 Å². The Balaban J connectivity index is 2.47. The van der Waals surface area contributed by atoms with Crippen LogP contribution < -0.4 is 5.73 Å². The molecule has 0 aliphatic heterocycles. The van der Waals surface area contributed by atoms with Crippen LogP contribution in [0.25, 0.3) is 11.2 Å². The molecule has 2 rings (SSSR count). The first-order chi connectivity index (χ1) is 7.38. The average Bonchev–Trinajstić information content (AvgIpc) is 2.57. The summed E-state index contributed by atoms with van der Waals surface area (Å²) in [5.41, 5.74) is 7.73. The quantitative estimate of drug-likeness (QED) is 0.845. The van der Waals surface area contributed by atoms with Gasteiger partial charge in [-0.3, -0.25) is 0 Å². The molecular weight excluding hydrogens is 268 g/mol. The molecule has 16 heavy (non-hydrogen) atoms. The third-order valence-electron chi connectivity index (χ3n) is 2.55. The van der Waals surface area contributed by atoms with Crippen molar-refractivity contribution in [3.8, 4) is 0 Å². The van der Waals surface area contributed by atoms with Crippen LogP contribution in [0.1, 0.15) is 32.6 Å². The summed E-state index contributed by atoms with van der Waals surface area (Å²) in [6, 6.07) is 1.83. The van der Waals surface area contributed by atoms with Crippen molar-refractivity contribution in [3.05, 3.63) is 22.6 Å². The Hall–Kier alpha value is -0.940. The number of nitrogens with zero attached hydrogens (tertiary/aromatic N) is 2. The summed E-state index contributed by atoms with van der Waals surface area (Å²) in [6.45, 7) is 6.27. The van der Waals surface area contributed by atoms with Crippen molar-refractivity contribution >= 4 is 27.1 Å². The molecule has 3 N–H and O–H groups in total. The molecule has 0 aliphatic rings. The van der Waals surface area contributed by atoms with E-state index in [0.717, 1.165) is 15.8 Å². The van der Waals surface area contributed by atoms with Gasteiger partial charge in [0.1, 0.15) is 5.82 Å². The van der Waals surface area contributed by atoms with Gasteiger partial charge in [-0.15, -0.1) is 0 Å². The number of rotatable bonds is 1. The van der Waals surface area contributed by atoms with Crippen LogP contribution in [0.4, 0.5) is 0 Å². The number of pyridine rings is 1. The Labute approximate surface area is 103 Å². The van der Waals surface area contributed by atoms with Crippen molar-refractivity contribution in [1.82, 2.24) is 15.0 Å². The summed E-state index contributed by atoms with van der Waals surface area (Å²) < 4.78 is 0.930. The Bertz CT molecular complexity index is 512. The van der Waals surface area contributed by atoms with Crippen molar-refractivity contribution in [3.63, 3.8) is 0 Å². The van der Waals surface area contributed by atoms with Gasteiger partial charge < -0.3 is 10.7 Å². The number of H-pyrrole nitrogens is 1. The van der Waals surface area contributed by atoms with Crippen LogP contribution in [0.3, 0.4) is 0 Å². The number of imidazole rings is 1. The van der Waals surface area contributed by atoms with Gasteiger partial charge in [0, 0.05) is 10.7 Å². The Morgan fingerprint density at radius 2 is 2.12 bits per heavy atom. The number of nitrogens with one attached hydrogen (secondary N) is 1. The van der Waals surface area contributed by atoms with Gasteiger partial charge in [-0.05, 0) is 27.4 Å². The number of aromatic nitrogens is 3. The molecule has 0 spiro atoms. The van der Waals surface area contributed by atoms with E-state index in [-0.39, 0.29) is 11.5 Å². The number of halogens is 1. The minimum atomic E-state index is -0.125. The molecule has 1 atom stereocenters. The molecule has 0 aliphatic carbocycles. The molecule has 1 unspecified atom stereocenters. The van der Waals surface area contributed by atoms with Gasteiger partial charge >= 0.3 is 0 Å². The smallest absolute Gasteiger partial charge is 0.177 e. The largest absolute Gasteiger partial charge is 0.339 e. The monoisotopic (exact) mass is 282 g/mol. The average molecular weight is 283 g/mol. The molecule has 0 radical (unpaired) electrons. The molecule has 0 amide bonds. The molecule has 4 nitrogen and oxygen atoms in total. The molecule has 2 heterocycles. The zero-order valence-corrected chi connectivity index (χ0v) is 11.2. The fourth-order valence-electron chi connectivity index (χ4n) is 1.45. The molecule has 0 saturated carbocycles. The van der Waals surface area contributed by atoms with Gasteiger partial charge in [-0.25, -0.2) is 9.97 Å². The van der Waals surface area contributed by atoms with Crippen molar-refractivity contribution in [2.24, 2.45) is 11.1 Å². The molecule has 0 fully saturated rings. The van der Waals surface area contributed by atoms with Crippen LogP contribution >= 0.6 is 15.9 Å². The van der Waals surface area contributed by atoms with E-state index in [2.05, 4.69) is 51.7 Å². The molecule has 86 valence electrons. The summed E-state index contributed by atoms with van der Waals surface area (Å²) in [6.07, 6.45) is 1.73. The Morgan fingerprint density at radius 1 is 1.44 bits per heavy atom. The molecule has 2 aromatic heterocycles. The van der Waals surface area contributed by atoms with E-state index in [4.69, 9.17) is 5.73 Å². The number of hydrogen-bond acceptors (Lipinski definition) is 3. The summed E-state index contributed by atoms with van der Waals surface area (Å²) in [4.78, 5) is 11.8. The van der Waals surface area contributed by atoms with E-state index in [1.54, 1.807) is 6.20 Å². The fraction of sp³-hybridized carbons (Fsp3) is 0.455. The van der Waals surface area contributed by atoms with Gasteiger partial charge in [0.05, 0.1) is 11.6 Å². The second-order valence-corrected chi connectivity index (χ2v) is 5.91. The van der Waals surface area contributed by atoms with Gasteiger partial charge in [0.15, 0.2) is 5.65 Å². The lowest BCUT2D eigenvalue weighted by Crippen LogP contribution is -2.27. The Kier molecular flexibility index (Phi) is 2.75. The highest BCUT2D eigenvalue weighted by atomic mass is 79.9. The maximum Gasteiger partial charge on any atom is 0.177 e. The first-order valence-electron chi connectivity index (χ1n) is 5.14. The van der Waals surface area contributed by atoms with Crippen molar-refractivity contribution in [2.75, 3.05) is 0 Å². The topological polar surface area (TPSA) is 67.6 Å². The number of fused-ring (bicyclic) bond motifs is 1. The summed E-state index contributed by atoms with van der Waals surface area (Å²) >= 11 is 3.38. The van der Waals surface area contributed by atoms with E-state index < -0.39 is 0 Å². The zero-order valence-electron chi connectivity index (χ0n) is 9.58. The summed E-state index contributed by atoms with van der Waals surface area (Å²) in [5.74, 6) is 0.785. The van der Waals surface area contributed by atoms with E-state index in [0.29, 0.717) is 5.65 Å². The highest BCUT2D eigenvalue weighted by Crippen LogP contribution is 2.29. The SMILES string of the molecule is CC(C)(C)C(N)c1nc2ncc(Br)cc2[nH]1. The van der Waals surface area contributed by atoms with Gasteiger partial charge in [-0.1, -0.05) is 20.8 Å². The van der Waals surface area contributed by atoms with E-state index in [1.807, 2.05) is 6.07 Å². The minimum Gasteiger partial charge on any atom is -0.339 e. The maximum absolute atomic E-state index is 6.14. The van der Waals surface area contributed by atoms with E-state index in [1.165, 1.54) is 0 Å². The van der Waals surface area contributed by atoms with Crippen LogP contribution in [-0.4, -0.2) is 15.0 Å². The molecule has 0 bridgehead atoms. The first kappa shape index (κ1) is 11.5. The van der Waals surface area contributed by atoms with Crippen LogP contribution in [0.2, 0.25) is 0 Å². The summed E-state index contributed by atoms with van der Waals surface area (Å²) in [5, 5.41) is 0. The molecule has 0 saturated heterocycles. The predicted molar refractivity (Wildman–Crippen MR) is 68.0 cm³/mol. The van der Waals surface area contributed by atoms with Gasteiger partial charge in [0.2, 0.25) is 0 Å². The first-order valence-corrected chi connectivity index (χ1v) is 5.94. The van der Waals surface area contributed by atoms with E-state index in [9.17, 15) is 0 Å². The molecule has 0 aromatic carbocycles. The third kappa shape index (κ3) is 2.10. The Morgan fingerprint density at radius 3 is 2.75 bits per heavy atom. The molecule has 2 aromatic rings. The third-order valence-corrected chi connectivity index (χ3v) is 2.98. The highest BCUT2D eigenvalue weighted by Gasteiger charge is 2.25. The zero-order chi connectivity index (χ0) is 11.9. The fourth-order valence-corrected chi connectivity index (χ4v) is 1.78. The number of aromatic amines is 1. The minimum absolute atomic E-state index is 0.0227. The summed E-state index contributed by atoms with van der Waals surface area (Å²) in [7, 11) is 0. The lowest BCUT2D eigenvalue weighted by molar-refractivity contribution is 0.317. The second kappa shape index (κ2) is 3.82. The standard InChI is InChI=1S/C11H15BrN4/c1-11(2,3)8(13)10-15-7-4-6(12)5-14-9(7)16-10/h4-5,8H,13H2,1-3H3,(H,14,15,16). The highest BCUT2D eigenvalue weighted by molar-refractivity contribution is 9.10. The maximum atomic E-state index is 6.14. The van der Waals surface area contributed by atoms with Crippen LogP contribution in [-0.2, 0) is 0 Å². The number of hydrogen-bond donors (Lipinski definition) is 2. The van der Waals surface area contributed by atoms with Gasteiger partial charge in [0.25, 0.3) is 0 Å². The van der Waals surface area contributed by atoms with Crippen molar-refractivity contribution in [1.29, 1.82) is 0 Å². The molecule has 5 heteroatoms. The van der Waals surface area contributed by atoms with Crippen molar-refractivity contribution in [2.45, 2.75) is 26.8 Å². The van der Waals surface area contributed by atoms with Crippen LogP contribution in [0.5, 0.6) is 0 Å². The number of nitrogens with two attached hydrogens (primary N) is 1. The van der Waals surface area contributed by atoms with Crippen LogP contribution in [0, 0.1) is 5.41 Å².